The summed E-state index contributed by atoms with van der Waals surface area (Å²) >= 11 is 0. The van der Waals surface area contributed by atoms with Gasteiger partial charge >= 0.3 is 0 Å². The van der Waals surface area contributed by atoms with Crippen molar-refractivity contribution in [2.24, 2.45) is 17.4 Å². The zero-order valence-corrected chi connectivity index (χ0v) is 14.6. The Kier molecular flexibility index (Phi) is 8.03. The summed E-state index contributed by atoms with van der Waals surface area (Å²) in [7, 11) is -3.73. The van der Waals surface area contributed by atoms with Crippen LogP contribution in [0.15, 0.2) is 23.1 Å². The molecule has 1 unspecified atom stereocenters. The van der Waals surface area contributed by atoms with Crippen LogP contribution in [0, 0.1) is 12.8 Å². The van der Waals surface area contributed by atoms with Gasteiger partial charge in [-0.1, -0.05) is 19.9 Å². The van der Waals surface area contributed by atoms with Crippen molar-refractivity contribution >= 4 is 28.3 Å². The van der Waals surface area contributed by atoms with Crippen LogP contribution in [0.3, 0.4) is 0 Å². The van der Waals surface area contributed by atoms with E-state index in [4.69, 9.17) is 11.5 Å². The molecule has 0 heterocycles. The molecule has 5 N–H and O–H groups in total. The predicted molar refractivity (Wildman–Crippen MR) is 89.6 cm³/mol. The normalized spacial score (nSPS) is 12.8. The van der Waals surface area contributed by atoms with E-state index in [2.05, 4.69) is 4.72 Å². The largest absolute Gasteiger partial charge is 0.366 e. The lowest BCUT2D eigenvalue weighted by atomic mass is 10.1. The minimum atomic E-state index is -3.73. The number of hydrogen-bond acceptors (Lipinski definition) is 4. The van der Waals surface area contributed by atoms with Gasteiger partial charge in [0, 0.05) is 18.2 Å². The zero-order chi connectivity index (χ0) is 16.2. The van der Waals surface area contributed by atoms with E-state index in [1.165, 1.54) is 12.1 Å². The van der Waals surface area contributed by atoms with Crippen LogP contribution in [0.5, 0.6) is 0 Å². The van der Waals surface area contributed by atoms with Crippen molar-refractivity contribution in [2.45, 2.75) is 38.1 Å². The molecule has 1 atom stereocenters. The fraction of sp³-hybridized carbons (Fsp3) is 0.500. The summed E-state index contributed by atoms with van der Waals surface area (Å²) < 4.78 is 27.3. The van der Waals surface area contributed by atoms with E-state index >= 15 is 0 Å². The SMILES string of the molecule is Cc1ccc(S(=O)(=O)NC(CN)CC(C)C)cc1C(N)=O.Cl. The van der Waals surface area contributed by atoms with Gasteiger partial charge in [-0.3, -0.25) is 4.79 Å². The third-order valence-electron chi connectivity index (χ3n) is 3.15. The highest BCUT2D eigenvalue weighted by Crippen LogP contribution is 2.16. The van der Waals surface area contributed by atoms with Crippen molar-refractivity contribution in [3.8, 4) is 0 Å². The highest BCUT2D eigenvalue weighted by molar-refractivity contribution is 7.89. The molecule has 1 aromatic rings. The number of carbonyl (C=O) groups excluding carboxylic acids is 1. The van der Waals surface area contributed by atoms with Crippen LogP contribution in [0.2, 0.25) is 0 Å². The van der Waals surface area contributed by atoms with Crippen LogP contribution in [-0.2, 0) is 10.0 Å². The fourth-order valence-electron chi connectivity index (χ4n) is 2.08. The second-order valence-electron chi connectivity index (χ2n) is 5.52. The van der Waals surface area contributed by atoms with Crippen LogP contribution in [-0.4, -0.2) is 26.9 Å². The first kappa shape index (κ1) is 20.9. The Bertz CT molecular complexity index is 618. The number of nitrogens with two attached hydrogens (primary N) is 2. The topological polar surface area (TPSA) is 115 Å². The Hall–Kier alpha value is -1.15. The average molecular weight is 350 g/mol. The summed E-state index contributed by atoms with van der Waals surface area (Å²) in [5, 5.41) is 0. The molecule has 6 nitrogen and oxygen atoms in total. The predicted octanol–water partition coefficient (Wildman–Crippen LogP) is 1.17. The third-order valence-corrected chi connectivity index (χ3v) is 4.67. The molecule has 0 saturated carbocycles. The number of aryl methyl sites for hydroxylation is 1. The summed E-state index contributed by atoms with van der Waals surface area (Å²) in [6, 6.07) is 3.97. The molecule has 0 aliphatic rings. The van der Waals surface area contributed by atoms with Crippen LogP contribution >= 0.6 is 12.4 Å². The second-order valence-corrected chi connectivity index (χ2v) is 7.24. The summed E-state index contributed by atoms with van der Waals surface area (Å²) in [5.74, 6) is -0.331. The van der Waals surface area contributed by atoms with E-state index in [1.807, 2.05) is 13.8 Å². The standard InChI is InChI=1S/C14H23N3O3S.ClH/c1-9(2)6-11(8-15)17-21(19,20)12-5-4-10(3)13(7-12)14(16)18;/h4-5,7,9,11,17H,6,8,15H2,1-3H3,(H2,16,18);1H. The maximum absolute atomic E-state index is 12.4. The molecule has 22 heavy (non-hydrogen) atoms. The van der Waals surface area contributed by atoms with E-state index in [0.29, 0.717) is 17.9 Å². The molecule has 126 valence electrons. The maximum atomic E-state index is 12.4. The molecule has 0 saturated heterocycles. The van der Waals surface area contributed by atoms with Gasteiger partial charge in [-0.05, 0) is 37.0 Å². The Labute approximate surface area is 138 Å². The van der Waals surface area contributed by atoms with Crippen molar-refractivity contribution in [1.29, 1.82) is 0 Å². The van der Waals surface area contributed by atoms with E-state index in [-0.39, 0.29) is 35.5 Å². The molecule has 0 radical (unpaired) electrons. The minimum Gasteiger partial charge on any atom is -0.366 e. The number of benzene rings is 1. The first-order valence-electron chi connectivity index (χ1n) is 6.80. The van der Waals surface area contributed by atoms with Gasteiger partial charge in [0.15, 0.2) is 0 Å². The summed E-state index contributed by atoms with van der Waals surface area (Å²) in [5.41, 5.74) is 11.7. The van der Waals surface area contributed by atoms with Gasteiger partial charge < -0.3 is 11.5 Å². The fourth-order valence-corrected chi connectivity index (χ4v) is 3.37. The van der Waals surface area contributed by atoms with Crippen molar-refractivity contribution < 1.29 is 13.2 Å². The van der Waals surface area contributed by atoms with Crippen molar-refractivity contribution in [3.05, 3.63) is 29.3 Å². The smallest absolute Gasteiger partial charge is 0.249 e. The molecular weight excluding hydrogens is 326 g/mol. The van der Waals surface area contributed by atoms with Gasteiger partial charge in [-0.2, -0.15) is 0 Å². The van der Waals surface area contributed by atoms with Gasteiger partial charge in [-0.15, -0.1) is 12.4 Å². The lowest BCUT2D eigenvalue weighted by Gasteiger charge is -2.19. The summed E-state index contributed by atoms with van der Waals surface area (Å²) in [6.07, 6.45) is 0.643. The van der Waals surface area contributed by atoms with Gasteiger partial charge in [0.05, 0.1) is 4.90 Å². The molecule has 0 aliphatic carbocycles. The van der Waals surface area contributed by atoms with Gasteiger partial charge in [0.2, 0.25) is 15.9 Å². The Morgan fingerprint density at radius 2 is 1.91 bits per heavy atom. The third kappa shape index (κ3) is 5.57. The molecule has 8 heteroatoms. The van der Waals surface area contributed by atoms with Crippen molar-refractivity contribution in [1.82, 2.24) is 4.72 Å². The quantitative estimate of drug-likeness (QED) is 0.685. The number of primary amides is 1. The van der Waals surface area contributed by atoms with E-state index < -0.39 is 15.9 Å². The maximum Gasteiger partial charge on any atom is 0.249 e. The highest BCUT2D eigenvalue weighted by atomic mass is 35.5. The number of rotatable bonds is 7. The molecule has 1 aromatic carbocycles. The van der Waals surface area contributed by atoms with Crippen LogP contribution in [0.1, 0.15) is 36.2 Å². The number of nitrogens with one attached hydrogen (secondary N) is 1. The van der Waals surface area contributed by atoms with Gasteiger partial charge in [0.1, 0.15) is 0 Å². The Balaban J connectivity index is 0.00000441. The number of halogens is 1. The molecule has 0 bridgehead atoms. The Morgan fingerprint density at radius 1 is 1.32 bits per heavy atom. The molecule has 0 fully saturated rings. The van der Waals surface area contributed by atoms with Crippen molar-refractivity contribution in [2.75, 3.05) is 6.54 Å². The molecule has 0 aromatic heterocycles. The first-order valence-corrected chi connectivity index (χ1v) is 8.28. The van der Waals surface area contributed by atoms with E-state index in [9.17, 15) is 13.2 Å². The zero-order valence-electron chi connectivity index (χ0n) is 13.0. The summed E-state index contributed by atoms with van der Waals surface area (Å²) in [4.78, 5) is 11.3. The van der Waals surface area contributed by atoms with Crippen LogP contribution in [0.4, 0.5) is 0 Å². The van der Waals surface area contributed by atoms with E-state index in [0.717, 1.165) is 0 Å². The highest BCUT2D eigenvalue weighted by Gasteiger charge is 2.21. The molecular formula is C14H24ClN3O3S. The van der Waals surface area contributed by atoms with Gasteiger partial charge in [-0.25, -0.2) is 13.1 Å². The minimum absolute atomic E-state index is 0. The number of sulfonamides is 1. The molecule has 0 spiro atoms. The number of amides is 1. The summed E-state index contributed by atoms with van der Waals surface area (Å²) in [6.45, 7) is 5.90. The van der Waals surface area contributed by atoms with Crippen LogP contribution < -0.4 is 16.2 Å². The molecule has 0 aliphatic heterocycles. The second kappa shape index (κ2) is 8.47. The molecule has 1 amide bonds. The van der Waals surface area contributed by atoms with Gasteiger partial charge in [0.25, 0.3) is 0 Å². The lowest BCUT2D eigenvalue weighted by molar-refractivity contribution is 0.0999. The van der Waals surface area contributed by atoms with Crippen molar-refractivity contribution in [3.63, 3.8) is 0 Å². The Morgan fingerprint density at radius 3 is 2.36 bits per heavy atom. The monoisotopic (exact) mass is 349 g/mol. The molecule has 1 rings (SSSR count). The lowest BCUT2D eigenvalue weighted by Crippen LogP contribution is -2.41. The van der Waals surface area contributed by atoms with Crippen LogP contribution in [0.25, 0.3) is 0 Å². The number of hydrogen-bond donors (Lipinski definition) is 3. The van der Waals surface area contributed by atoms with E-state index in [1.54, 1.807) is 13.0 Å². The number of carbonyl (C=O) groups is 1. The average Bonchev–Trinajstić information content (AvgIpc) is 2.36. The first-order chi connectivity index (χ1) is 9.67.